The minimum absolute atomic E-state index is 0.183. The van der Waals surface area contributed by atoms with E-state index >= 15 is 0 Å². The summed E-state index contributed by atoms with van der Waals surface area (Å²) < 4.78 is 2.27. The number of hydrogen-bond acceptors (Lipinski definition) is 1. The number of para-hydroxylation sites is 1. The first kappa shape index (κ1) is 12.3. The third-order valence-electron chi connectivity index (χ3n) is 4.35. The van der Waals surface area contributed by atoms with E-state index < -0.39 is 0 Å². The van der Waals surface area contributed by atoms with Crippen LogP contribution in [0.3, 0.4) is 0 Å². The molecule has 2 heterocycles. The first-order chi connectivity index (χ1) is 9.15. The minimum Gasteiger partial charge on any atom is -0.346 e. The van der Waals surface area contributed by atoms with Crippen LogP contribution >= 0.6 is 0 Å². The Bertz CT molecular complexity index is 641. The predicted molar refractivity (Wildman–Crippen MR) is 77.0 cm³/mol. The zero-order valence-electron chi connectivity index (χ0n) is 11.8. The van der Waals surface area contributed by atoms with Crippen LogP contribution in [0.25, 0.3) is 10.9 Å². The standard InChI is InChI=1S/C16H20N2O/c1-4-14-16-13(9-10-18(14)11(2)19)12-7-5-6-8-15(12)17(16)3/h5-8,14H,4,9-10H2,1-3H3. The van der Waals surface area contributed by atoms with E-state index in [2.05, 4.69) is 42.8 Å². The Morgan fingerprint density at radius 1 is 1.37 bits per heavy atom. The van der Waals surface area contributed by atoms with Gasteiger partial charge < -0.3 is 9.47 Å². The first-order valence-electron chi connectivity index (χ1n) is 6.98. The van der Waals surface area contributed by atoms with Crippen molar-refractivity contribution in [3.63, 3.8) is 0 Å². The van der Waals surface area contributed by atoms with E-state index in [1.165, 1.54) is 22.2 Å². The fraction of sp³-hybridized carbons (Fsp3) is 0.438. The number of benzene rings is 1. The van der Waals surface area contributed by atoms with Crippen LogP contribution in [0.5, 0.6) is 0 Å². The van der Waals surface area contributed by atoms with Gasteiger partial charge in [-0.2, -0.15) is 0 Å². The first-order valence-corrected chi connectivity index (χ1v) is 6.98. The molecule has 1 aromatic heterocycles. The van der Waals surface area contributed by atoms with E-state index in [9.17, 15) is 4.79 Å². The Morgan fingerprint density at radius 3 is 2.79 bits per heavy atom. The summed E-state index contributed by atoms with van der Waals surface area (Å²) in [5.41, 5.74) is 4.03. The van der Waals surface area contributed by atoms with Gasteiger partial charge in [0.1, 0.15) is 0 Å². The molecular formula is C16H20N2O. The molecule has 0 aliphatic carbocycles. The fourth-order valence-corrected chi connectivity index (χ4v) is 3.51. The molecule has 19 heavy (non-hydrogen) atoms. The van der Waals surface area contributed by atoms with E-state index in [0.29, 0.717) is 0 Å². The van der Waals surface area contributed by atoms with Gasteiger partial charge in [-0.15, -0.1) is 0 Å². The number of carbonyl (C=O) groups is 1. The van der Waals surface area contributed by atoms with Crippen molar-refractivity contribution in [1.82, 2.24) is 9.47 Å². The predicted octanol–water partition coefficient (Wildman–Crippen LogP) is 3.03. The second-order valence-electron chi connectivity index (χ2n) is 5.33. The van der Waals surface area contributed by atoms with E-state index in [1.54, 1.807) is 6.92 Å². The van der Waals surface area contributed by atoms with Crippen molar-refractivity contribution in [3.05, 3.63) is 35.5 Å². The summed E-state index contributed by atoms with van der Waals surface area (Å²) in [6.07, 6.45) is 1.93. The number of aryl methyl sites for hydroxylation is 1. The third kappa shape index (κ3) is 1.68. The van der Waals surface area contributed by atoms with Crippen LogP contribution in [-0.2, 0) is 18.3 Å². The van der Waals surface area contributed by atoms with Crippen LogP contribution in [0.15, 0.2) is 24.3 Å². The highest BCUT2D eigenvalue weighted by Crippen LogP contribution is 2.37. The minimum atomic E-state index is 0.183. The lowest BCUT2D eigenvalue weighted by atomic mass is 9.95. The van der Waals surface area contributed by atoms with E-state index in [4.69, 9.17) is 0 Å². The van der Waals surface area contributed by atoms with Gasteiger partial charge in [-0.25, -0.2) is 0 Å². The maximum Gasteiger partial charge on any atom is 0.220 e. The molecule has 1 amide bonds. The second-order valence-corrected chi connectivity index (χ2v) is 5.33. The zero-order chi connectivity index (χ0) is 13.6. The summed E-state index contributed by atoms with van der Waals surface area (Å²) >= 11 is 0. The van der Waals surface area contributed by atoms with Gasteiger partial charge in [-0.05, 0) is 24.5 Å². The third-order valence-corrected chi connectivity index (χ3v) is 4.35. The average Bonchev–Trinajstić information content (AvgIpc) is 2.72. The Balaban J connectivity index is 2.24. The number of rotatable bonds is 1. The Hall–Kier alpha value is -1.77. The van der Waals surface area contributed by atoms with Gasteiger partial charge in [0, 0.05) is 37.1 Å². The lowest BCUT2D eigenvalue weighted by Crippen LogP contribution is -2.39. The molecule has 3 nitrogen and oxygen atoms in total. The highest BCUT2D eigenvalue weighted by molar-refractivity contribution is 5.86. The van der Waals surface area contributed by atoms with E-state index in [1.807, 2.05) is 4.90 Å². The molecule has 2 aromatic rings. The highest BCUT2D eigenvalue weighted by Gasteiger charge is 2.31. The van der Waals surface area contributed by atoms with Gasteiger partial charge in [0.05, 0.1) is 6.04 Å². The molecule has 1 aliphatic rings. The lowest BCUT2D eigenvalue weighted by Gasteiger charge is -2.35. The van der Waals surface area contributed by atoms with Crippen LogP contribution < -0.4 is 0 Å². The summed E-state index contributed by atoms with van der Waals surface area (Å²) in [6, 6.07) is 8.76. The van der Waals surface area contributed by atoms with Gasteiger partial charge in [0.25, 0.3) is 0 Å². The summed E-state index contributed by atoms with van der Waals surface area (Å²) in [5.74, 6) is 0.183. The topological polar surface area (TPSA) is 25.2 Å². The van der Waals surface area contributed by atoms with E-state index in [-0.39, 0.29) is 11.9 Å². The molecule has 0 saturated carbocycles. The molecule has 0 bridgehead atoms. The fourth-order valence-electron chi connectivity index (χ4n) is 3.51. The molecule has 0 N–H and O–H groups in total. The van der Waals surface area contributed by atoms with Gasteiger partial charge in [0.15, 0.2) is 0 Å². The Labute approximate surface area is 113 Å². The van der Waals surface area contributed by atoms with Gasteiger partial charge in [-0.3, -0.25) is 4.79 Å². The molecular weight excluding hydrogens is 236 g/mol. The molecule has 3 heteroatoms. The second kappa shape index (κ2) is 4.41. The molecule has 3 rings (SSSR count). The molecule has 1 aromatic carbocycles. The molecule has 1 atom stereocenters. The smallest absolute Gasteiger partial charge is 0.220 e. The van der Waals surface area contributed by atoms with Crippen molar-refractivity contribution in [2.24, 2.45) is 7.05 Å². The largest absolute Gasteiger partial charge is 0.346 e. The summed E-state index contributed by atoms with van der Waals surface area (Å²) in [5, 5.41) is 1.35. The molecule has 1 unspecified atom stereocenters. The maximum absolute atomic E-state index is 11.8. The number of hydrogen-bond donors (Lipinski definition) is 0. The van der Waals surface area contributed by atoms with Crippen LogP contribution in [0.4, 0.5) is 0 Å². The summed E-state index contributed by atoms with van der Waals surface area (Å²) in [7, 11) is 2.12. The van der Waals surface area contributed by atoms with Crippen molar-refractivity contribution in [3.8, 4) is 0 Å². The number of fused-ring (bicyclic) bond motifs is 3. The van der Waals surface area contributed by atoms with Crippen molar-refractivity contribution in [2.45, 2.75) is 32.7 Å². The maximum atomic E-state index is 11.8. The number of carbonyl (C=O) groups excluding carboxylic acids is 1. The monoisotopic (exact) mass is 256 g/mol. The number of nitrogens with zero attached hydrogens (tertiary/aromatic N) is 2. The highest BCUT2D eigenvalue weighted by atomic mass is 16.2. The molecule has 100 valence electrons. The average molecular weight is 256 g/mol. The van der Waals surface area contributed by atoms with Crippen LogP contribution in [0, 0.1) is 0 Å². The number of aromatic nitrogens is 1. The Kier molecular flexibility index (Phi) is 2.85. The van der Waals surface area contributed by atoms with Gasteiger partial charge in [-0.1, -0.05) is 25.1 Å². The lowest BCUT2D eigenvalue weighted by molar-refractivity contribution is -0.131. The molecule has 0 fully saturated rings. The normalized spacial score (nSPS) is 18.7. The van der Waals surface area contributed by atoms with E-state index in [0.717, 1.165) is 19.4 Å². The number of amides is 1. The summed E-state index contributed by atoms with van der Waals surface area (Å²) in [6.45, 7) is 4.68. The summed E-state index contributed by atoms with van der Waals surface area (Å²) in [4.78, 5) is 13.8. The van der Waals surface area contributed by atoms with Crippen LogP contribution in [0.2, 0.25) is 0 Å². The van der Waals surface area contributed by atoms with Crippen molar-refractivity contribution >= 4 is 16.8 Å². The Morgan fingerprint density at radius 2 is 2.11 bits per heavy atom. The molecule has 0 saturated heterocycles. The van der Waals surface area contributed by atoms with Gasteiger partial charge in [0.2, 0.25) is 5.91 Å². The van der Waals surface area contributed by atoms with Crippen LogP contribution in [-0.4, -0.2) is 21.9 Å². The van der Waals surface area contributed by atoms with Gasteiger partial charge >= 0.3 is 0 Å². The van der Waals surface area contributed by atoms with Crippen molar-refractivity contribution < 1.29 is 4.79 Å². The van der Waals surface area contributed by atoms with Crippen LogP contribution in [0.1, 0.15) is 37.6 Å². The SMILES string of the molecule is CCC1c2c(c3ccccc3n2C)CCN1C(C)=O. The van der Waals surface area contributed by atoms with Crippen molar-refractivity contribution in [1.29, 1.82) is 0 Å². The molecule has 0 radical (unpaired) electrons. The molecule has 0 spiro atoms. The van der Waals surface area contributed by atoms with Crippen molar-refractivity contribution in [2.75, 3.05) is 6.54 Å². The quantitative estimate of drug-likeness (QED) is 0.770. The molecule has 1 aliphatic heterocycles. The zero-order valence-corrected chi connectivity index (χ0v) is 11.8.